The van der Waals surface area contributed by atoms with Gasteiger partial charge in [-0.15, -0.1) is 0 Å². The quantitative estimate of drug-likeness (QED) is 0.146. The molecular weight excluding hydrogens is 779 g/mol. The van der Waals surface area contributed by atoms with Crippen LogP contribution >= 0.6 is 0 Å². The molecule has 17 heteroatoms. The van der Waals surface area contributed by atoms with E-state index in [1.165, 1.54) is 14.7 Å². The van der Waals surface area contributed by atoms with E-state index in [-0.39, 0.29) is 49.5 Å². The average molecular weight is 832 g/mol. The number of likely N-dealkylation sites (tertiary alicyclic amines) is 1. The summed E-state index contributed by atoms with van der Waals surface area (Å²) in [5.74, 6) is -1.88. The van der Waals surface area contributed by atoms with Gasteiger partial charge in [0.05, 0.1) is 25.0 Å². The molecule has 4 heterocycles. The molecule has 0 spiro atoms. The third kappa shape index (κ3) is 10.3. The van der Waals surface area contributed by atoms with Crippen LogP contribution in [0.2, 0.25) is 0 Å². The lowest BCUT2D eigenvalue weighted by Crippen LogP contribution is -2.57. The van der Waals surface area contributed by atoms with Gasteiger partial charge < -0.3 is 31.1 Å². The zero-order chi connectivity index (χ0) is 44.0. The summed E-state index contributed by atoms with van der Waals surface area (Å²) in [4.78, 5) is 101. The first-order valence-electron chi connectivity index (χ1n) is 20.3. The van der Waals surface area contributed by atoms with E-state index in [1.54, 1.807) is 56.6 Å². The predicted molar refractivity (Wildman–Crippen MR) is 230 cm³/mol. The number of aromatic nitrogens is 3. The SMILES string of the molecule is Cc1ccc(Nc2ncc3c(n2)N(C)C(=O)N(c2cc(C(=O)N[C@H](C(=O)N4CCC[C@H]4C(=O)N[C@@H](Cc4ccccc4)C(=O)NCC(=O)N(C)C)C(C)C)ccc2C)C3)cn1. The molecule has 2 aromatic carbocycles. The molecule has 4 aromatic rings. The van der Waals surface area contributed by atoms with E-state index in [0.29, 0.717) is 41.5 Å². The van der Waals surface area contributed by atoms with Crippen LogP contribution in [0.5, 0.6) is 0 Å². The van der Waals surface area contributed by atoms with Crippen LogP contribution < -0.4 is 31.1 Å². The highest BCUT2D eigenvalue weighted by Crippen LogP contribution is 2.33. The number of nitrogens with zero attached hydrogens (tertiary/aromatic N) is 7. The van der Waals surface area contributed by atoms with Gasteiger partial charge in [-0.1, -0.05) is 50.2 Å². The van der Waals surface area contributed by atoms with Crippen LogP contribution in [0.1, 0.15) is 59.4 Å². The minimum atomic E-state index is -1.01. The van der Waals surface area contributed by atoms with E-state index in [9.17, 15) is 28.8 Å². The van der Waals surface area contributed by atoms with E-state index in [2.05, 4.69) is 36.2 Å². The second kappa shape index (κ2) is 19.0. The van der Waals surface area contributed by atoms with E-state index >= 15 is 0 Å². The number of likely N-dealkylation sites (N-methyl/N-ethyl adjacent to an activating group) is 1. The Hall–Kier alpha value is -6.91. The standard InChI is InChI=1S/C44H53N11O6/c1-26(2)37(42(60)54-19-11-14-34(54)41(59)49-33(20-29-12-9-8-10-13-29)40(58)46-24-36(56)52(5)6)50-39(57)30-17-15-27(3)35(21-30)55-25-31-22-47-43(51-38(31)53(7)44(55)61)48-32-18-16-28(4)45-23-32/h8-10,12-13,15-18,21-23,26,33-34,37H,11,14,19-20,24-25H2,1-7H3,(H,46,58)(H,49,59)(H,50,57)(H,47,48,51)/t33-,34-,37-/m0/s1. The fraction of sp³-hybridized carbons (Fsp3) is 0.386. The van der Waals surface area contributed by atoms with Gasteiger partial charge in [-0.2, -0.15) is 4.98 Å². The van der Waals surface area contributed by atoms with Crippen molar-refractivity contribution in [2.75, 3.05) is 49.3 Å². The summed E-state index contributed by atoms with van der Waals surface area (Å²) in [6.45, 7) is 7.56. The summed E-state index contributed by atoms with van der Waals surface area (Å²) >= 11 is 0. The Kier molecular flexibility index (Phi) is 13.6. The maximum atomic E-state index is 14.3. The van der Waals surface area contributed by atoms with Crippen molar-refractivity contribution in [3.8, 4) is 0 Å². The van der Waals surface area contributed by atoms with Crippen molar-refractivity contribution in [3.63, 3.8) is 0 Å². The minimum Gasteiger partial charge on any atom is -0.347 e. The highest BCUT2D eigenvalue weighted by molar-refractivity contribution is 6.07. The molecule has 0 unspecified atom stereocenters. The monoisotopic (exact) mass is 831 g/mol. The van der Waals surface area contributed by atoms with Crippen molar-refractivity contribution in [2.45, 2.75) is 71.6 Å². The molecule has 1 saturated heterocycles. The number of amides is 7. The Bertz CT molecular complexity index is 2290. The fourth-order valence-electron chi connectivity index (χ4n) is 7.26. The summed E-state index contributed by atoms with van der Waals surface area (Å²) in [5.41, 5.74) is 4.57. The van der Waals surface area contributed by atoms with Crippen molar-refractivity contribution < 1.29 is 28.8 Å². The summed E-state index contributed by atoms with van der Waals surface area (Å²) in [5, 5.41) is 11.5. The first-order chi connectivity index (χ1) is 29.1. The Morgan fingerprint density at radius 2 is 1.69 bits per heavy atom. The zero-order valence-corrected chi connectivity index (χ0v) is 35.6. The van der Waals surface area contributed by atoms with E-state index < -0.39 is 41.8 Å². The van der Waals surface area contributed by atoms with Gasteiger partial charge in [0, 0.05) is 62.8 Å². The number of urea groups is 1. The Labute approximate surface area is 355 Å². The molecule has 0 bridgehead atoms. The number of rotatable bonds is 14. The van der Waals surface area contributed by atoms with Crippen LogP contribution in [0.4, 0.5) is 27.9 Å². The van der Waals surface area contributed by atoms with Gasteiger partial charge in [0.2, 0.25) is 29.6 Å². The van der Waals surface area contributed by atoms with Crippen LogP contribution in [-0.2, 0) is 32.1 Å². The van der Waals surface area contributed by atoms with Gasteiger partial charge >= 0.3 is 6.03 Å². The highest BCUT2D eigenvalue weighted by Gasteiger charge is 2.40. The Morgan fingerprint density at radius 1 is 0.934 bits per heavy atom. The lowest BCUT2D eigenvalue weighted by Gasteiger charge is -2.35. The second-order valence-corrected chi connectivity index (χ2v) is 15.9. The van der Waals surface area contributed by atoms with Crippen LogP contribution in [0.3, 0.4) is 0 Å². The number of fused-ring (bicyclic) bond motifs is 1. The van der Waals surface area contributed by atoms with Gasteiger partial charge in [-0.05, 0) is 68.0 Å². The molecule has 17 nitrogen and oxygen atoms in total. The number of anilines is 4. The third-order valence-corrected chi connectivity index (χ3v) is 10.8. The number of aryl methyl sites for hydroxylation is 2. The zero-order valence-electron chi connectivity index (χ0n) is 35.6. The average Bonchev–Trinajstić information content (AvgIpc) is 3.74. The second-order valence-electron chi connectivity index (χ2n) is 15.9. The molecule has 1 fully saturated rings. The minimum absolute atomic E-state index is 0.157. The maximum absolute atomic E-state index is 14.3. The summed E-state index contributed by atoms with van der Waals surface area (Å²) in [7, 11) is 4.79. The molecule has 2 aliphatic rings. The molecule has 7 amide bonds. The molecule has 0 radical (unpaired) electrons. The van der Waals surface area contributed by atoms with Gasteiger partial charge in [0.1, 0.15) is 23.9 Å². The van der Waals surface area contributed by atoms with Crippen molar-refractivity contribution in [2.24, 2.45) is 5.92 Å². The summed E-state index contributed by atoms with van der Waals surface area (Å²) < 4.78 is 0. The molecule has 4 N–H and O–H groups in total. The molecule has 2 aromatic heterocycles. The lowest BCUT2D eigenvalue weighted by molar-refractivity contribution is -0.141. The smallest absolute Gasteiger partial charge is 0.330 e. The molecule has 320 valence electrons. The first kappa shape index (κ1) is 43.7. The Balaban J connectivity index is 1.15. The third-order valence-electron chi connectivity index (χ3n) is 10.8. The van der Waals surface area contributed by atoms with Gasteiger partial charge in [-0.25, -0.2) is 9.78 Å². The summed E-state index contributed by atoms with van der Waals surface area (Å²) in [6.07, 6.45) is 4.42. The summed E-state index contributed by atoms with van der Waals surface area (Å²) in [6, 6.07) is 14.7. The van der Waals surface area contributed by atoms with Crippen molar-refractivity contribution in [3.05, 3.63) is 101 Å². The lowest BCUT2D eigenvalue weighted by atomic mass is 10.0. The number of carbonyl (C=O) groups excluding carboxylic acids is 6. The van der Waals surface area contributed by atoms with Crippen molar-refractivity contribution in [1.29, 1.82) is 0 Å². The number of hydrogen-bond acceptors (Lipinski definition) is 10. The Morgan fingerprint density at radius 3 is 2.38 bits per heavy atom. The van der Waals surface area contributed by atoms with E-state index in [0.717, 1.165) is 16.8 Å². The largest absolute Gasteiger partial charge is 0.347 e. The molecule has 3 atom stereocenters. The predicted octanol–water partition coefficient (Wildman–Crippen LogP) is 3.49. The topological polar surface area (TPSA) is 202 Å². The normalized spacial score (nSPS) is 15.8. The number of nitrogens with one attached hydrogen (secondary N) is 4. The van der Waals surface area contributed by atoms with E-state index in [1.807, 2.05) is 70.2 Å². The highest BCUT2D eigenvalue weighted by atomic mass is 16.2. The number of benzene rings is 2. The molecule has 61 heavy (non-hydrogen) atoms. The van der Waals surface area contributed by atoms with Gasteiger partial charge in [0.25, 0.3) is 5.91 Å². The number of carbonyl (C=O) groups is 6. The van der Waals surface area contributed by atoms with Gasteiger partial charge in [-0.3, -0.25) is 38.8 Å². The van der Waals surface area contributed by atoms with Crippen LogP contribution in [0.15, 0.2) is 73.1 Å². The van der Waals surface area contributed by atoms with Crippen molar-refractivity contribution in [1.82, 2.24) is 40.7 Å². The first-order valence-corrected chi connectivity index (χ1v) is 20.3. The van der Waals surface area contributed by atoms with Crippen LogP contribution in [0, 0.1) is 19.8 Å². The van der Waals surface area contributed by atoms with Crippen LogP contribution in [0.25, 0.3) is 0 Å². The number of pyridine rings is 1. The van der Waals surface area contributed by atoms with Crippen molar-refractivity contribution >= 4 is 58.7 Å². The molecule has 0 saturated carbocycles. The number of hydrogen-bond donors (Lipinski definition) is 4. The molecular formula is C44H53N11O6. The molecule has 0 aliphatic carbocycles. The van der Waals surface area contributed by atoms with E-state index in [4.69, 9.17) is 0 Å². The van der Waals surface area contributed by atoms with Crippen LogP contribution in [-0.4, -0.2) is 113 Å². The van der Waals surface area contributed by atoms with Gasteiger partial charge in [0.15, 0.2) is 0 Å². The maximum Gasteiger partial charge on any atom is 0.330 e. The molecule has 6 rings (SSSR count). The fourth-order valence-corrected chi connectivity index (χ4v) is 7.26. The molecule has 2 aliphatic heterocycles.